The zero-order chi connectivity index (χ0) is 14.8. The molecule has 1 aliphatic carbocycles. The second-order valence-corrected chi connectivity index (χ2v) is 8.12. The Morgan fingerprint density at radius 3 is 2.60 bits per heavy atom. The lowest BCUT2D eigenvalue weighted by Gasteiger charge is -2.38. The molecule has 1 saturated heterocycles. The van der Waals surface area contributed by atoms with E-state index in [-0.39, 0.29) is 23.0 Å². The molecule has 1 saturated carbocycles. The van der Waals surface area contributed by atoms with Gasteiger partial charge in [0.05, 0.1) is 5.60 Å². The monoisotopic (exact) mass is 281 g/mol. The largest absolute Gasteiger partial charge is 0.375 e. The molecule has 1 aliphatic heterocycles. The Bertz CT molecular complexity index is 339. The first-order valence-electron chi connectivity index (χ1n) is 8.22. The molecule has 1 spiro atoms. The third kappa shape index (κ3) is 4.29. The van der Waals surface area contributed by atoms with Gasteiger partial charge < -0.3 is 10.5 Å². The summed E-state index contributed by atoms with van der Waals surface area (Å²) in [5.74, 6) is 0.559. The Balaban J connectivity index is 1.86. The number of ether oxygens (including phenoxy) is 1. The van der Waals surface area contributed by atoms with Crippen molar-refractivity contribution < 1.29 is 9.53 Å². The molecular weight excluding hydrogens is 250 g/mol. The molecule has 0 aromatic rings. The van der Waals surface area contributed by atoms with Gasteiger partial charge in [-0.05, 0) is 37.5 Å². The van der Waals surface area contributed by atoms with Gasteiger partial charge in [-0.1, -0.05) is 33.6 Å². The maximum absolute atomic E-state index is 12.5. The summed E-state index contributed by atoms with van der Waals surface area (Å²) in [5.41, 5.74) is 6.39. The molecule has 1 heterocycles. The summed E-state index contributed by atoms with van der Waals surface area (Å²) in [6.07, 6.45) is 8.08. The molecule has 2 unspecified atom stereocenters. The molecule has 3 heteroatoms. The van der Waals surface area contributed by atoms with Crippen LogP contribution in [0.25, 0.3) is 0 Å². The van der Waals surface area contributed by atoms with Crippen LogP contribution in [-0.2, 0) is 9.53 Å². The molecule has 2 atom stereocenters. The number of hydrogen-bond donors (Lipinski definition) is 1. The second-order valence-electron chi connectivity index (χ2n) is 8.12. The maximum atomic E-state index is 12.5. The first-order valence-corrected chi connectivity index (χ1v) is 8.22. The van der Waals surface area contributed by atoms with Crippen molar-refractivity contribution in [3.05, 3.63) is 0 Å². The van der Waals surface area contributed by atoms with E-state index in [0.717, 1.165) is 38.7 Å². The van der Waals surface area contributed by atoms with Gasteiger partial charge in [0.15, 0.2) is 0 Å². The quantitative estimate of drug-likeness (QED) is 0.858. The number of rotatable bonds is 4. The highest BCUT2D eigenvalue weighted by Crippen LogP contribution is 2.42. The minimum atomic E-state index is 0.00451. The minimum Gasteiger partial charge on any atom is -0.375 e. The predicted octanol–water partition coefficient (Wildman–Crippen LogP) is 3.45. The third-order valence-corrected chi connectivity index (χ3v) is 4.80. The second kappa shape index (κ2) is 6.15. The lowest BCUT2D eigenvalue weighted by Crippen LogP contribution is -2.41. The molecule has 20 heavy (non-hydrogen) atoms. The number of nitrogens with two attached hydrogens (primary N) is 1. The molecule has 2 fully saturated rings. The van der Waals surface area contributed by atoms with Gasteiger partial charge in [-0.25, -0.2) is 0 Å². The number of ketones is 1. The summed E-state index contributed by atoms with van der Waals surface area (Å²) in [6, 6.07) is 0.00451. The van der Waals surface area contributed by atoms with E-state index in [1.807, 2.05) is 0 Å². The highest BCUT2D eigenvalue weighted by Gasteiger charge is 2.41. The Morgan fingerprint density at radius 2 is 2.00 bits per heavy atom. The van der Waals surface area contributed by atoms with Crippen LogP contribution in [0.3, 0.4) is 0 Å². The molecule has 2 aliphatic rings. The Hall–Kier alpha value is -0.410. The molecule has 0 aromatic carbocycles. The number of Topliss-reactive ketones (excluding diaryl/α,β-unsaturated/α-hetero) is 1. The van der Waals surface area contributed by atoms with Gasteiger partial charge in [-0.2, -0.15) is 0 Å². The van der Waals surface area contributed by atoms with Crippen LogP contribution in [-0.4, -0.2) is 24.0 Å². The lowest BCUT2D eigenvalue weighted by molar-refractivity contribution is -0.136. The average Bonchev–Trinajstić information content (AvgIpc) is 2.74. The first-order chi connectivity index (χ1) is 9.30. The van der Waals surface area contributed by atoms with E-state index in [1.54, 1.807) is 0 Å². The SMILES string of the molecule is CC(C)(C)CC(N)CC(=O)C1CCOC2(CCCC2)C1. The third-order valence-electron chi connectivity index (χ3n) is 4.80. The van der Waals surface area contributed by atoms with Gasteiger partial charge in [0.1, 0.15) is 5.78 Å². The normalized spacial score (nSPS) is 27.7. The number of carbonyl (C=O) groups is 1. The highest BCUT2D eigenvalue weighted by atomic mass is 16.5. The van der Waals surface area contributed by atoms with Crippen molar-refractivity contribution in [3.8, 4) is 0 Å². The topological polar surface area (TPSA) is 52.3 Å². The van der Waals surface area contributed by atoms with Crippen molar-refractivity contribution in [2.75, 3.05) is 6.61 Å². The van der Waals surface area contributed by atoms with Gasteiger partial charge in [-0.15, -0.1) is 0 Å². The van der Waals surface area contributed by atoms with Crippen LogP contribution in [0.15, 0.2) is 0 Å². The van der Waals surface area contributed by atoms with E-state index in [0.29, 0.717) is 12.2 Å². The van der Waals surface area contributed by atoms with Gasteiger partial charge in [0.2, 0.25) is 0 Å². The summed E-state index contributed by atoms with van der Waals surface area (Å²) < 4.78 is 6.01. The smallest absolute Gasteiger partial charge is 0.137 e. The Morgan fingerprint density at radius 1 is 1.35 bits per heavy atom. The van der Waals surface area contributed by atoms with Crippen LogP contribution in [0, 0.1) is 11.3 Å². The predicted molar refractivity (Wildman–Crippen MR) is 81.5 cm³/mol. The molecular formula is C17H31NO2. The minimum absolute atomic E-state index is 0.00451. The van der Waals surface area contributed by atoms with Crippen molar-refractivity contribution in [2.24, 2.45) is 17.1 Å². The zero-order valence-corrected chi connectivity index (χ0v) is 13.4. The Kier molecular flexibility index (Phi) is 4.91. The van der Waals surface area contributed by atoms with Gasteiger partial charge >= 0.3 is 0 Å². The van der Waals surface area contributed by atoms with Crippen LogP contribution in [0.2, 0.25) is 0 Å². The summed E-state index contributed by atoms with van der Waals surface area (Å²) in [4.78, 5) is 12.5. The van der Waals surface area contributed by atoms with E-state index in [1.165, 1.54) is 12.8 Å². The van der Waals surface area contributed by atoms with Crippen molar-refractivity contribution in [3.63, 3.8) is 0 Å². The molecule has 0 amide bonds. The molecule has 0 aromatic heterocycles. The Labute approximate surface area is 123 Å². The summed E-state index contributed by atoms with van der Waals surface area (Å²) >= 11 is 0. The fourth-order valence-corrected chi connectivity index (χ4v) is 3.95. The summed E-state index contributed by atoms with van der Waals surface area (Å²) in [5, 5.41) is 0. The van der Waals surface area contributed by atoms with Crippen molar-refractivity contribution in [1.29, 1.82) is 0 Å². The van der Waals surface area contributed by atoms with E-state index >= 15 is 0 Å². The van der Waals surface area contributed by atoms with Crippen molar-refractivity contribution in [2.45, 2.75) is 83.8 Å². The van der Waals surface area contributed by atoms with Crippen LogP contribution in [0.1, 0.15) is 72.1 Å². The average molecular weight is 281 g/mol. The zero-order valence-electron chi connectivity index (χ0n) is 13.4. The van der Waals surface area contributed by atoms with E-state index in [4.69, 9.17) is 10.5 Å². The first kappa shape index (κ1) is 16.0. The van der Waals surface area contributed by atoms with Gasteiger partial charge in [0, 0.05) is 25.0 Å². The van der Waals surface area contributed by atoms with Crippen molar-refractivity contribution in [1.82, 2.24) is 0 Å². The number of hydrogen-bond acceptors (Lipinski definition) is 3. The lowest BCUT2D eigenvalue weighted by atomic mass is 9.79. The van der Waals surface area contributed by atoms with Crippen LogP contribution in [0.4, 0.5) is 0 Å². The summed E-state index contributed by atoms with van der Waals surface area (Å²) in [6.45, 7) is 7.29. The fourth-order valence-electron chi connectivity index (χ4n) is 3.95. The molecule has 0 bridgehead atoms. The van der Waals surface area contributed by atoms with Crippen LogP contribution < -0.4 is 5.73 Å². The maximum Gasteiger partial charge on any atom is 0.137 e. The standard InChI is InChI=1S/C17H31NO2/c1-16(2,3)12-14(18)10-15(19)13-6-9-20-17(11-13)7-4-5-8-17/h13-14H,4-12,18H2,1-3H3. The fraction of sp³-hybridized carbons (Fsp3) is 0.941. The van der Waals surface area contributed by atoms with E-state index in [9.17, 15) is 4.79 Å². The molecule has 116 valence electrons. The molecule has 0 radical (unpaired) electrons. The molecule has 2 rings (SSSR count). The number of carbonyl (C=O) groups excluding carboxylic acids is 1. The highest BCUT2D eigenvalue weighted by molar-refractivity contribution is 5.81. The molecule has 2 N–H and O–H groups in total. The van der Waals surface area contributed by atoms with Gasteiger partial charge in [0.25, 0.3) is 0 Å². The van der Waals surface area contributed by atoms with E-state index < -0.39 is 0 Å². The van der Waals surface area contributed by atoms with E-state index in [2.05, 4.69) is 20.8 Å². The van der Waals surface area contributed by atoms with Crippen LogP contribution >= 0.6 is 0 Å². The van der Waals surface area contributed by atoms with Crippen LogP contribution in [0.5, 0.6) is 0 Å². The molecule has 3 nitrogen and oxygen atoms in total. The summed E-state index contributed by atoms with van der Waals surface area (Å²) in [7, 11) is 0. The van der Waals surface area contributed by atoms with Gasteiger partial charge in [-0.3, -0.25) is 4.79 Å². The van der Waals surface area contributed by atoms with Crippen molar-refractivity contribution >= 4 is 5.78 Å².